The molecule has 6 heteroatoms. The van der Waals surface area contributed by atoms with Crippen molar-refractivity contribution in [3.63, 3.8) is 0 Å². The van der Waals surface area contributed by atoms with Gasteiger partial charge in [-0.2, -0.15) is 0 Å². The number of aryl methyl sites for hydroxylation is 1. The van der Waals surface area contributed by atoms with E-state index in [1.807, 2.05) is 25.1 Å². The average Bonchev–Trinajstić information content (AvgIpc) is 2.55. The Morgan fingerprint density at radius 3 is 2.96 bits per heavy atom. The normalized spacial score (nSPS) is 15.5. The Balaban J connectivity index is 1.85. The summed E-state index contributed by atoms with van der Waals surface area (Å²) < 4.78 is 4.99. The van der Waals surface area contributed by atoms with Gasteiger partial charge in [-0.05, 0) is 49.4 Å². The van der Waals surface area contributed by atoms with Gasteiger partial charge in [0.05, 0.1) is 0 Å². The molecule has 1 heterocycles. The number of aliphatic hydroxyl groups is 1. The molecular weight excluding hydrogens is 308 g/mol. The van der Waals surface area contributed by atoms with Gasteiger partial charge < -0.3 is 20.5 Å². The fourth-order valence-electron chi connectivity index (χ4n) is 2.61. The molecule has 24 heavy (non-hydrogen) atoms. The van der Waals surface area contributed by atoms with Crippen LogP contribution in [0.25, 0.3) is 0 Å². The maximum Gasteiger partial charge on any atom is 0.305 e. The van der Waals surface area contributed by atoms with E-state index in [0.29, 0.717) is 19.4 Å². The molecule has 0 aromatic heterocycles. The largest absolute Gasteiger partial charge is 0.463 e. The van der Waals surface area contributed by atoms with Crippen LogP contribution in [0.3, 0.4) is 0 Å². The number of amides is 1. The molecule has 1 aliphatic rings. The molecule has 0 aliphatic carbocycles. The first-order valence-corrected chi connectivity index (χ1v) is 8.59. The Hall–Kier alpha value is -2.08. The van der Waals surface area contributed by atoms with Gasteiger partial charge in [0.15, 0.2) is 0 Å². The predicted octanol–water partition coefficient (Wildman–Crippen LogP) is 2.47. The highest BCUT2D eigenvalue weighted by Crippen LogP contribution is 2.25. The highest BCUT2D eigenvalue weighted by atomic mass is 16.5. The number of nitrogens with one attached hydrogen (secondary N) is 2. The molecule has 6 nitrogen and oxygen atoms in total. The van der Waals surface area contributed by atoms with E-state index in [4.69, 9.17) is 4.74 Å². The minimum absolute atomic E-state index is 0.00711. The van der Waals surface area contributed by atoms with Crippen LogP contribution in [0.2, 0.25) is 0 Å². The highest BCUT2D eigenvalue weighted by molar-refractivity contribution is 5.92. The Labute approximate surface area is 142 Å². The van der Waals surface area contributed by atoms with Crippen LogP contribution in [-0.2, 0) is 20.7 Å². The lowest BCUT2D eigenvalue weighted by molar-refractivity contribution is -0.146. The number of rotatable bonds is 7. The summed E-state index contributed by atoms with van der Waals surface area (Å²) in [5, 5.41) is 16.0. The molecule has 0 bridgehead atoms. The van der Waals surface area contributed by atoms with Gasteiger partial charge in [0, 0.05) is 30.8 Å². The number of fused-ring (bicyclic) bond motifs is 1. The fraction of sp³-hybridized carbons (Fsp3) is 0.556. The molecule has 0 spiro atoms. The van der Waals surface area contributed by atoms with Crippen LogP contribution in [0.5, 0.6) is 0 Å². The van der Waals surface area contributed by atoms with Crippen LogP contribution >= 0.6 is 0 Å². The van der Waals surface area contributed by atoms with E-state index >= 15 is 0 Å². The molecule has 1 atom stereocenters. The summed E-state index contributed by atoms with van der Waals surface area (Å²) in [6.45, 7) is 2.19. The van der Waals surface area contributed by atoms with Crippen LogP contribution < -0.4 is 10.6 Å². The lowest BCUT2D eigenvalue weighted by atomic mass is 10.0. The van der Waals surface area contributed by atoms with Crippen LogP contribution in [0.4, 0.5) is 11.4 Å². The Morgan fingerprint density at radius 1 is 1.38 bits per heavy atom. The molecule has 1 aromatic carbocycles. The second kappa shape index (κ2) is 9.27. The Morgan fingerprint density at radius 2 is 2.17 bits per heavy atom. The first-order chi connectivity index (χ1) is 11.6. The van der Waals surface area contributed by atoms with Crippen molar-refractivity contribution in [3.05, 3.63) is 23.8 Å². The molecule has 3 N–H and O–H groups in total. The minimum atomic E-state index is -0.757. The van der Waals surface area contributed by atoms with E-state index in [0.717, 1.165) is 42.6 Å². The highest BCUT2D eigenvalue weighted by Gasteiger charge is 2.13. The van der Waals surface area contributed by atoms with E-state index in [1.54, 1.807) is 0 Å². The molecule has 2 rings (SSSR count). The number of ether oxygens (including phenoxy) is 1. The SMILES string of the molecule is CCCC(=O)OCC(O)CNc1ccc2c(c1)CCCCC(=O)N2. The second-order valence-electron chi connectivity index (χ2n) is 6.09. The standard InChI is InChI=1S/C18H26N2O4/c1-2-5-18(23)24-12-15(21)11-19-14-8-9-16-13(10-14)6-3-4-7-17(22)20-16/h8-10,15,19,21H,2-7,11-12H2,1H3,(H,20,22). The molecule has 1 aliphatic heterocycles. The quantitative estimate of drug-likeness (QED) is 0.667. The van der Waals surface area contributed by atoms with Crippen molar-refractivity contribution in [2.24, 2.45) is 0 Å². The first kappa shape index (κ1) is 18.3. The summed E-state index contributed by atoms with van der Waals surface area (Å²) in [5.74, 6) is -0.227. The molecule has 1 amide bonds. The van der Waals surface area contributed by atoms with Crippen molar-refractivity contribution >= 4 is 23.3 Å². The zero-order valence-electron chi connectivity index (χ0n) is 14.1. The maximum atomic E-state index is 11.7. The average molecular weight is 334 g/mol. The number of anilines is 2. The number of hydrogen-bond donors (Lipinski definition) is 3. The number of aliphatic hydroxyl groups excluding tert-OH is 1. The van der Waals surface area contributed by atoms with Crippen molar-refractivity contribution in [3.8, 4) is 0 Å². The van der Waals surface area contributed by atoms with Gasteiger partial charge in [0.2, 0.25) is 5.91 Å². The number of benzene rings is 1. The van der Waals surface area contributed by atoms with Gasteiger partial charge in [0.25, 0.3) is 0 Å². The van der Waals surface area contributed by atoms with Crippen LogP contribution in [-0.4, -0.2) is 36.2 Å². The number of hydrogen-bond acceptors (Lipinski definition) is 5. The summed E-state index contributed by atoms with van der Waals surface area (Å²) in [5.41, 5.74) is 2.83. The third-order valence-corrected chi connectivity index (χ3v) is 3.91. The van der Waals surface area contributed by atoms with Crippen molar-refractivity contribution < 1.29 is 19.4 Å². The smallest absolute Gasteiger partial charge is 0.305 e. The summed E-state index contributed by atoms with van der Waals surface area (Å²) >= 11 is 0. The van der Waals surface area contributed by atoms with Crippen molar-refractivity contribution in [2.75, 3.05) is 23.8 Å². The molecule has 132 valence electrons. The van der Waals surface area contributed by atoms with E-state index in [9.17, 15) is 14.7 Å². The summed E-state index contributed by atoms with van der Waals surface area (Å²) in [7, 11) is 0. The predicted molar refractivity (Wildman–Crippen MR) is 93.0 cm³/mol. The second-order valence-corrected chi connectivity index (χ2v) is 6.09. The first-order valence-electron chi connectivity index (χ1n) is 8.59. The molecule has 0 saturated heterocycles. The lowest BCUT2D eigenvalue weighted by Crippen LogP contribution is -2.26. The molecule has 0 radical (unpaired) electrons. The van der Waals surface area contributed by atoms with Crippen LogP contribution in [0, 0.1) is 0 Å². The van der Waals surface area contributed by atoms with Gasteiger partial charge in [-0.15, -0.1) is 0 Å². The molecule has 0 fully saturated rings. The molecule has 1 unspecified atom stereocenters. The molecule has 0 saturated carbocycles. The van der Waals surface area contributed by atoms with Crippen molar-refractivity contribution in [2.45, 2.75) is 51.6 Å². The molecular formula is C18H26N2O4. The lowest BCUT2D eigenvalue weighted by Gasteiger charge is -2.17. The minimum Gasteiger partial charge on any atom is -0.463 e. The summed E-state index contributed by atoms with van der Waals surface area (Å²) in [6.07, 6.45) is 3.72. The molecule has 1 aromatic rings. The fourth-order valence-corrected chi connectivity index (χ4v) is 2.61. The monoisotopic (exact) mass is 334 g/mol. The van der Waals surface area contributed by atoms with Gasteiger partial charge in [-0.3, -0.25) is 9.59 Å². The summed E-state index contributed by atoms with van der Waals surface area (Å²) in [6, 6.07) is 5.75. The van der Waals surface area contributed by atoms with E-state index in [-0.39, 0.29) is 18.5 Å². The van der Waals surface area contributed by atoms with E-state index in [2.05, 4.69) is 10.6 Å². The van der Waals surface area contributed by atoms with Gasteiger partial charge >= 0.3 is 5.97 Å². The number of esters is 1. The van der Waals surface area contributed by atoms with Crippen LogP contribution in [0.1, 0.15) is 44.6 Å². The number of carbonyl (C=O) groups is 2. The van der Waals surface area contributed by atoms with Gasteiger partial charge in [0.1, 0.15) is 12.7 Å². The van der Waals surface area contributed by atoms with E-state index < -0.39 is 6.10 Å². The third-order valence-electron chi connectivity index (χ3n) is 3.91. The zero-order chi connectivity index (χ0) is 17.4. The number of carbonyl (C=O) groups excluding carboxylic acids is 2. The van der Waals surface area contributed by atoms with Crippen LogP contribution in [0.15, 0.2) is 18.2 Å². The van der Waals surface area contributed by atoms with E-state index in [1.165, 1.54) is 0 Å². The zero-order valence-corrected chi connectivity index (χ0v) is 14.1. The van der Waals surface area contributed by atoms with Gasteiger partial charge in [-0.25, -0.2) is 0 Å². The third kappa shape index (κ3) is 5.85. The van der Waals surface area contributed by atoms with Crippen molar-refractivity contribution in [1.82, 2.24) is 0 Å². The Bertz CT molecular complexity index is 574. The topological polar surface area (TPSA) is 87.7 Å². The Kier molecular flexibility index (Phi) is 7.06. The van der Waals surface area contributed by atoms with Gasteiger partial charge in [-0.1, -0.05) is 6.92 Å². The van der Waals surface area contributed by atoms with Crippen molar-refractivity contribution in [1.29, 1.82) is 0 Å². The maximum absolute atomic E-state index is 11.7. The summed E-state index contributed by atoms with van der Waals surface area (Å²) in [4.78, 5) is 23.0.